The van der Waals surface area contributed by atoms with Crippen LogP contribution in [-0.2, 0) is 0 Å². The van der Waals surface area contributed by atoms with Crippen LogP contribution in [0, 0.1) is 0 Å². The zero-order valence-electron chi connectivity index (χ0n) is 10.3. The first-order valence-electron chi connectivity index (χ1n) is 5.92. The highest BCUT2D eigenvalue weighted by atomic mass is 32.1. The normalized spacial score (nSPS) is 12.1. The molecule has 2 heterocycles. The standard InChI is InChI=1S/C12H17N5S/c1-2-4-9(10-5-3-6-18-10)16-11-7-12(17-13)15-8-14-11/h3,5-9H,2,4,13H2,1H3,(H2,14,15,16,17). The van der Waals surface area contributed by atoms with E-state index in [0.717, 1.165) is 18.7 Å². The topological polar surface area (TPSA) is 75.9 Å². The summed E-state index contributed by atoms with van der Waals surface area (Å²) in [6.45, 7) is 2.18. The Morgan fingerprint density at radius 1 is 1.39 bits per heavy atom. The molecule has 6 heteroatoms. The minimum absolute atomic E-state index is 0.288. The molecule has 0 amide bonds. The number of hydrazine groups is 1. The lowest BCUT2D eigenvalue weighted by molar-refractivity contribution is 0.684. The first-order chi connectivity index (χ1) is 8.83. The van der Waals surface area contributed by atoms with Gasteiger partial charge in [0.2, 0.25) is 0 Å². The summed E-state index contributed by atoms with van der Waals surface area (Å²) in [7, 11) is 0. The molecule has 0 aliphatic carbocycles. The lowest BCUT2D eigenvalue weighted by Gasteiger charge is -2.17. The van der Waals surface area contributed by atoms with E-state index in [4.69, 9.17) is 5.84 Å². The monoisotopic (exact) mass is 263 g/mol. The average molecular weight is 263 g/mol. The molecule has 4 N–H and O–H groups in total. The number of nitrogen functional groups attached to an aromatic ring is 1. The fourth-order valence-corrected chi connectivity index (χ4v) is 2.57. The number of nitrogens with zero attached hydrogens (tertiary/aromatic N) is 2. The van der Waals surface area contributed by atoms with E-state index in [9.17, 15) is 0 Å². The van der Waals surface area contributed by atoms with Gasteiger partial charge in [-0.3, -0.25) is 0 Å². The van der Waals surface area contributed by atoms with Gasteiger partial charge in [0.25, 0.3) is 0 Å². The Morgan fingerprint density at radius 3 is 2.89 bits per heavy atom. The number of nitrogens with two attached hydrogens (primary N) is 1. The minimum Gasteiger partial charge on any atom is -0.362 e. The first kappa shape index (κ1) is 12.8. The van der Waals surface area contributed by atoms with Crippen molar-refractivity contribution in [2.24, 2.45) is 5.84 Å². The highest BCUT2D eigenvalue weighted by Crippen LogP contribution is 2.26. The molecule has 2 rings (SSSR count). The van der Waals surface area contributed by atoms with Gasteiger partial charge in [0.1, 0.15) is 18.0 Å². The zero-order valence-corrected chi connectivity index (χ0v) is 11.1. The number of rotatable bonds is 6. The van der Waals surface area contributed by atoms with Gasteiger partial charge >= 0.3 is 0 Å². The van der Waals surface area contributed by atoms with E-state index in [1.165, 1.54) is 11.2 Å². The molecular formula is C12H17N5S. The van der Waals surface area contributed by atoms with Gasteiger partial charge in [-0.2, -0.15) is 0 Å². The molecule has 1 unspecified atom stereocenters. The molecule has 0 fully saturated rings. The molecule has 0 bridgehead atoms. The maximum atomic E-state index is 5.34. The smallest absolute Gasteiger partial charge is 0.145 e. The molecule has 0 radical (unpaired) electrons. The van der Waals surface area contributed by atoms with Crippen LogP contribution in [0.3, 0.4) is 0 Å². The van der Waals surface area contributed by atoms with Crippen LogP contribution in [0.15, 0.2) is 29.9 Å². The Balaban J connectivity index is 2.13. The summed E-state index contributed by atoms with van der Waals surface area (Å²) in [4.78, 5) is 9.51. The van der Waals surface area contributed by atoms with Gasteiger partial charge in [-0.1, -0.05) is 19.4 Å². The molecule has 0 aromatic carbocycles. The number of anilines is 2. The van der Waals surface area contributed by atoms with Crippen LogP contribution in [0.5, 0.6) is 0 Å². The Labute approximate surface area is 110 Å². The summed E-state index contributed by atoms with van der Waals surface area (Å²) in [6, 6.07) is 6.30. The minimum atomic E-state index is 0.288. The SMILES string of the molecule is CCCC(Nc1cc(NN)ncn1)c1cccs1. The summed E-state index contributed by atoms with van der Waals surface area (Å²) in [5, 5.41) is 5.51. The number of thiophene rings is 1. The average Bonchev–Trinajstić information content (AvgIpc) is 2.92. The first-order valence-corrected chi connectivity index (χ1v) is 6.80. The van der Waals surface area contributed by atoms with E-state index in [-0.39, 0.29) is 6.04 Å². The van der Waals surface area contributed by atoms with E-state index in [2.05, 4.69) is 45.1 Å². The molecule has 0 spiro atoms. The van der Waals surface area contributed by atoms with Crippen LogP contribution in [0.1, 0.15) is 30.7 Å². The van der Waals surface area contributed by atoms with Gasteiger partial charge in [-0.05, 0) is 17.9 Å². The fourth-order valence-electron chi connectivity index (χ4n) is 1.76. The van der Waals surface area contributed by atoms with Crippen molar-refractivity contribution in [1.29, 1.82) is 0 Å². The van der Waals surface area contributed by atoms with Crippen molar-refractivity contribution in [3.8, 4) is 0 Å². The highest BCUT2D eigenvalue weighted by Gasteiger charge is 2.12. The molecular weight excluding hydrogens is 246 g/mol. The van der Waals surface area contributed by atoms with E-state index < -0.39 is 0 Å². The summed E-state index contributed by atoms with van der Waals surface area (Å²) >= 11 is 1.75. The number of hydrogen-bond donors (Lipinski definition) is 3. The molecule has 18 heavy (non-hydrogen) atoms. The van der Waals surface area contributed by atoms with Crippen LogP contribution in [-0.4, -0.2) is 9.97 Å². The van der Waals surface area contributed by atoms with Crippen LogP contribution in [0.25, 0.3) is 0 Å². The van der Waals surface area contributed by atoms with Gasteiger partial charge in [-0.15, -0.1) is 11.3 Å². The Kier molecular flexibility index (Phi) is 4.49. The predicted molar refractivity (Wildman–Crippen MR) is 75.4 cm³/mol. The van der Waals surface area contributed by atoms with Gasteiger partial charge in [-0.25, -0.2) is 15.8 Å². The number of hydrogen-bond acceptors (Lipinski definition) is 6. The Morgan fingerprint density at radius 2 is 2.22 bits per heavy atom. The molecule has 0 aliphatic heterocycles. The van der Waals surface area contributed by atoms with Crippen molar-refractivity contribution >= 4 is 23.0 Å². The van der Waals surface area contributed by atoms with E-state index in [0.29, 0.717) is 5.82 Å². The molecule has 1 atom stereocenters. The Hall–Kier alpha value is -1.66. The maximum absolute atomic E-state index is 5.34. The molecule has 0 saturated carbocycles. The third-order valence-corrected chi connectivity index (χ3v) is 3.59. The molecule has 96 valence electrons. The largest absolute Gasteiger partial charge is 0.362 e. The van der Waals surface area contributed by atoms with Crippen LogP contribution < -0.4 is 16.6 Å². The lowest BCUT2D eigenvalue weighted by Crippen LogP contribution is -2.12. The third kappa shape index (κ3) is 3.18. The van der Waals surface area contributed by atoms with E-state index in [1.807, 2.05) is 0 Å². The van der Waals surface area contributed by atoms with Crippen LogP contribution in [0.4, 0.5) is 11.6 Å². The van der Waals surface area contributed by atoms with Crippen molar-refractivity contribution in [3.63, 3.8) is 0 Å². The summed E-state index contributed by atoms with van der Waals surface area (Å²) < 4.78 is 0. The summed E-state index contributed by atoms with van der Waals surface area (Å²) in [6.07, 6.45) is 3.67. The van der Waals surface area contributed by atoms with Crippen molar-refractivity contribution in [2.45, 2.75) is 25.8 Å². The summed E-state index contributed by atoms with van der Waals surface area (Å²) in [5.41, 5.74) is 2.52. The van der Waals surface area contributed by atoms with Gasteiger partial charge in [0, 0.05) is 10.9 Å². The Bertz CT molecular complexity index is 471. The third-order valence-electron chi connectivity index (χ3n) is 2.60. The maximum Gasteiger partial charge on any atom is 0.145 e. The van der Waals surface area contributed by atoms with E-state index >= 15 is 0 Å². The van der Waals surface area contributed by atoms with Crippen LogP contribution >= 0.6 is 11.3 Å². The molecule has 2 aromatic heterocycles. The van der Waals surface area contributed by atoms with Gasteiger partial charge in [0.05, 0.1) is 6.04 Å². The lowest BCUT2D eigenvalue weighted by atomic mass is 10.1. The van der Waals surface area contributed by atoms with Crippen molar-refractivity contribution in [2.75, 3.05) is 10.7 Å². The highest BCUT2D eigenvalue weighted by molar-refractivity contribution is 7.10. The quantitative estimate of drug-likeness (QED) is 0.552. The molecule has 5 nitrogen and oxygen atoms in total. The van der Waals surface area contributed by atoms with Crippen molar-refractivity contribution in [1.82, 2.24) is 9.97 Å². The number of nitrogens with one attached hydrogen (secondary N) is 2. The molecule has 0 saturated heterocycles. The predicted octanol–water partition coefficient (Wildman–Crippen LogP) is 2.78. The molecule has 2 aromatic rings. The van der Waals surface area contributed by atoms with Crippen molar-refractivity contribution < 1.29 is 0 Å². The molecule has 0 aliphatic rings. The second kappa shape index (κ2) is 6.32. The van der Waals surface area contributed by atoms with Gasteiger partial charge in [0.15, 0.2) is 0 Å². The second-order valence-corrected chi connectivity index (χ2v) is 4.91. The van der Waals surface area contributed by atoms with Gasteiger partial charge < -0.3 is 10.7 Å². The van der Waals surface area contributed by atoms with Crippen LogP contribution in [0.2, 0.25) is 0 Å². The van der Waals surface area contributed by atoms with E-state index in [1.54, 1.807) is 17.4 Å². The van der Waals surface area contributed by atoms with Crippen molar-refractivity contribution in [3.05, 3.63) is 34.8 Å². The fraction of sp³-hybridized carbons (Fsp3) is 0.333. The summed E-state index contributed by atoms with van der Waals surface area (Å²) in [5.74, 6) is 6.72. The number of aromatic nitrogens is 2. The zero-order chi connectivity index (χ0) is 12.8. The second-order valence-electron chi connectivity index (χ2n) is 3.93.